The normalized spacial score (nSPS) is 15.4. The van der Waals surface area contributed by atoms with Crippen molar-refractivity contribution >= 4 is 5.82 Å². The smallest absolute Gasteiger partial charge is 0.293 e. The average Bonchev–Trinajstić information content (AvgIpc) is 3.09. The highest BCUT2D eigenvalue weighted by Gasteiger charge is 2.22. The summed E-state index contributed by atoms with van der Waals surface area (Å²) in [5.41, 5.74) is -0.0222. The van der Waals surface area contributed by atoms with Gasteiger partial charge in [-0.2, -0.15) is 5.26 Å². The molecule has 7 nitrogen and oxygen atoms in total. The average molecular weight is 327 g/mol. The standard InChI is InChI=1S/C17H21N5O2/c1-2-21-10-7-19-16(17(21)23)22-8-5-13(6-9-22)20-12-15-4-3-14(11-18)24-15/h3-4,7,10,13,20H,2,5-6,8-9,12H2,1H3. The summed E-state index contributed by atoms with van der Waals surface area (Å²) in [6.07, 6.45) is 5.29. The molecule has 0 aromatic carbocycles. The van der Waals surface area contributed by atoms with Crippen LogP contribution in [0, 0.1) is 11.3 Å². The Morgan fingerprint density at radius 3 is 2.88 bits per heavy atom. The van der Waals surface area contributed by atoms with E-state index in [2.05, 4.69) is 15.2 Å². The van der Waals surface area contributed by atoms with Crippen molar-refractivity contribution in [2.75, 3.05) is 18.0 Å². The number of piperidine rings is 1. The summed E-state index contributed by atoms with van der Waals surface area (Å²) in [6.45, 7) is 4.82. The fourth-order valence-corrected chi connectivity index (χ4v) is 2.98. The summed E-state index contributed by atoms with van der Waals surface area (Å²) < 4.78 is 7.04. The molecular formula is C17H21N5O2. The zero-order valence-corrected chi connectivity index (χ0v) is 13.7. The van der Waals surface area contributed by atoms with Gasteiger partial charge in [-0.05, 0) is 31.9 Å². The molecule has 0 saturated carbocycles. The van der Waals surface area contributed by atoms with Crippen LogP contribution in [0.1, 0.15) is 31.3 Å². The Morgan fingerprint density at radius 2 is 2.21 bits per heavy atom. The minimum Gasteiger partial charge on any atom is -0.449 e. The molecule has 0 amide bonds. The third-order valence-corrected chi connectivity index (χ3v) is 4.37. The second-order valence-corrected chi connectivity index (χ2v) is 5.86. The van der Waals surface area contributed by atoms with Crippen LogP contribution in [0.3, 0.4) is 0 Å². The van der Waals surface area contributed by atoms with E-state index in [-0.39, 0.29) is 5.56 Å². The zero-order valence-electron chi connectivity index (χ0n) is 13.7. The van der Waals surface area contributed by atoms with Gasteiger partial charge in [0.2, 0.25) is 5.76 Å². The number of nitrogens with one attached hydrogen (secondary N) is 1. The summed E-state index contributed by atoms with van der Waals surface area (Å²) >= 11 is 0. The van der Waals surface area contributed by atoms with E-state index >= 15 is 0 Å². The third-order valence-electron chi connectivity index (χ3n) is 4.37. The number of hydrogen-bond acceptors (Lipinski definition) is 6. The van der Waals surface area contributed by atoms with Gasteiger partial charge in [-0.25, -0.2) is 4.98 Å². The van der Waals surface area contributed by atoms with Gasteiger partial charge in [0.15, 0.2) is 5.82 Å². The third kappa shape index (κ3) is 3.49. The maximum Gasteiger partial charge on any atom is 0.293 e. The summed E-state index contributed by atoms with van der Waals surface area (Å²) in [5.74, 6) is 1.65. The topological polar surface area (TPSA) is 87.1 Å². The van der Waals surface area contributed by atoms with Gasteiger partial charge in [-0.15, -0.1) is 0 Å². The largest absolute Gasteiger partial charge is 0.449 e. The van der Waals surface area contributed by atoms with E-state index in [1.807, 2.05) is 19.1 Å². The van der Waals surface area contributed by atoms with Gasteiger partial charge < -0.3 is 19.2 Å². The van der Waals surface area contributed by atoms with Crippen LogP contribution in [0.5, 0.6) is 0 Å². The van der Waals surface area contributed by atoms with Crippen molar-refractivity contribution in [2.45, 2.75) is 38.9 Å². The minimum absolute atomic E-state index is 0.0222. The number of aryl methyl sites for hydroxylation is 1. The van der Waals surface area contributed by atoms with Gasteiger partial charge in [-0.3, -0.25) is 4.79 Å². The van der Waals surface area contributed by atoms with E-state index < -0.39 is 0 Å². The van der Waals surface area contributed by atoms with Gasteiger partial charge in [0.25, 0.3) is 5.56 Å². The number of anilines is 1. The molecule has 7 heteroatoms. The van der Waals surface area contributed by atoms with E-state index in [9.17, 15) is 4.79 Å². The summed E-state index contributed by atoms with van der Waals surface area (Å²) in [4.78, 5) is 18.7. The maximum absolute atomic E-state index is 12.3. The van der Waals surface area contributed by atoms with E-state index in [1.54, 1.807) is 23.0 Å². The van der Waals surface area contributed by atoms with Crippen LogP contribution in [0.25, 0.3) is 0 Å². The molecule has 126 valence electrons. The molecule has 3 rings (SSSR count). The first-order valence-electron chi connectivity index (χ1n) is 8.24. The minimum atomic E-state index is -0.0222. The first kappa shape index (κ1) is 16.3. The van der Waals surface area contributed by atoms with Gasteiger partial charge in [-0.1, -0.05) is 0 Å². The van der Waals surface area contributed by atoms with E-state index in [0.29, 0.717) is 30.7 Å². The van der Waals surface area contributed by atoms with Crippen molar-refractivity contribution in [1.29, 1.82) is 5.26 Å². The molecule has 1 N–H and O–H groups in total. The first-order chi connectivity index (χ1) is 11.7. The highest BCUT2D eigenvalue weighted by molar-refractivity contribution is 5.36. The second-order valence-electron chi connectivity index (χ2n) is 5.86. The first-order valence-corrected chi connectivity index (χ1v) is 8.24. The van der Waals surface area contributed by atoms with E-state index in [1.165, 1.54) is 0 Å². The Balaban J connectivity index is 1.54. The lowest BCUT2D eigenvalue weighted by Gasteiger charge is -2.32. The van der Waals surface area contributed by atoms with Crippen LogP contribution in [-0.2, 0) is 13.1 Å². The van der Waals surface area contributed by atoms with Crippen molar-refractivity contribution in [1.82, 2.24) is 14.9 Å². The monoisotopic (exact) mass is 327 g/mol. The van der Waals surface area contributed by atoms with Gasteiger partial charge in [0.1, 0.15) is 11.8 Å². The fraction of sp³-hybridized carbons (Fsp3) is 0.471. The zero-order chi connectivity index (χ0) is 16.9. The van der Waals surface area contributed by atoms with Crippen molar-refractivity contribution in [2.24, 2.45) is 0 Å². The Bertz CT molecular complexity index is 781. The summed E-state index contributed by atoms with van der Waals surface area (Å²) in [6, 6.07) is 5.85. The fourth-order valence-electron chi connectivity index (χ4n) is 2.98. The summed E-state index contributed by atoms with van der Waals surface area (Å²) in [7, 11) is 0. The molecule has 0 atom stereocenters. The molecule has 0 aliphatic carbocycles. The Labute approximate surface area is 140 Å². The van der Waals surface area contributed by atoms with Crippen LogP contribution in [0.2, 0.25) is 0 Å². The second kappa shape index (κ2) is 7.32. The van der Waals surface area contributed by atoms with Crippen LogP contribution >= 0.6 is 0 Å². The highest BCUT2D eigenvalue weighted by Crippen LogP contribution is 2.15. The predicted octanol–water partition coefficient (Wildman–Crippen LogP) is 1.49. The maximum atomic E-state index is 12.3. The lowest BCUT2D eigenvalue weighted by molar-refractivity contribution is 0.385. The van der Waals surface area contributed by atoms with Gasteiger partial charge >= 0.3 is 0 Å². The molecule has 2 aromatic rings. The molecule has 3 heterocycles. The Morgan fingerprint density at radius 1 is 1.42 bits per heavy atom. The van der Waals surface area contributed by atoms with Gasteiger partial charge in [0.05, 0.1) is 6.54 Å². The molecule has 0 spiro atoms. The number of aromatic nitrogens is 2. The molecule has 2 aromatic heterocycles. The molecule has 1 aliphatic rings. The lowest BCUT2D eigenvalue weighted by Crippen LogP contribution is -2.44. The number of nitrogens with zero attached hydrogens (tertiary/aromatic N) is 4. The number of rotatable bonds is 5. The van der Waals surface area contributed by atoms with Crippen molar-refractivity contribution in [3.63, 3.8) is 0 Å². The number of furan rings is 1. The van der Waals surface area contributed by atoms with Crippen LogP contribution < -0.4 is 15.8 Å². The van der Waals surface area contributed by atoms with Crippen LogP contribution in [0.15, 0.2) is 33.7 Å². The summed E-state index contributed by atoms with van der Waals surface area (Å²) in [5, 5.41) is 12.2. The number of hydrogen-bond donors (Lipinski definition) is 1. The van der Waals surface area contributed by atoms with Crippen molar-refractivity contribution in [3.05, 3.63) is 46.4 Å². The highest BCUT2D eigenvalue weighted by atomic mass is 16.3. The quantitative estimate of drug-likeness (QED) is 0.895. The van der Waals surface area contributed by atoms with E-state index in [0.717, 1.165) is 31.7 Å². The van der Waals surface area contributed by atoms with Gasteiger partial charge in [0, 0.05) is 38.1 Å². The van der Waals surface area contributed by atoms with E-state index in [4.69, 9.17) is 9.68 Å². The lowest BCUT2D eigenvalue weighted by atomic mass is 10.1. The molecule has 0 radical (unpaired) electrons. The molecule has 24 heavy (non-hydrogen) atoms. The molecule has 1 aliphatic heterocycles. The Kier molecular flexibility index (Phi) is 4.96. The number of nitriles is 1. The van der Waals surface area contributed by atoms with Crippen molar-refractivity contribution in [3.8, 4) is 6.07 Å². The molecular weight excluding hydrogens is 306 g/mol. The molecule has 1 fully saturated rings. The predicted molar refractivity (Wildman–Crippen MR) is 89.7 cm³/mol. The van der Waals surface area contributed by atoms with Crippen LogP contribution in [0.4, 0.5) is 5.82 Å². The molecule has 1 saturated heterocycles. The molecule has 0 unspecified atom stereocenters. The van der Waals surface area contributed by atoms with Crippen molar-refractivity contribution < 1.29 is 4.42 Å². The Hall–Kier alpha value is -2.59. The van der Waals surface area contributed by atoms with Crippen LogP contribution in [-0.4, -0.2) is 28.7 Å². The molecule has 0 bridgehead atoms. The SMILES string of the molecule is CCn1ccnc(N2CCC(NCc3ccc(C#N)o3)CC2)c1=O.